The van der Waals surface area contributed by atoms with Crippen molar-refractivity contribution in [1.82, 2.24) is 4.90 Å². The Balaban J connectivity index is 1.74. The van der Waals surface area contributed by atoms with E-state index in [4.69, 9.17) is 4.74 Å². The molecule has 2 rings (SSSR count). The van der Waals surface area contributed by atoms with Crippen LogP contribution in [-0.2, 0) is 6.42 Å². The van der Waals surface area contributed by atoms with Gasteiger partial charge in [-0.1, -0.05) is 13.0 Å². The van der Waals surface area contributed by atoms with Crippen LogP contribution in [-0.4, -0.2) is 43.4 Å². The van der Waals surface area contributed by atoms with Gasteiger partial charge in [-0.2, -0.15) is 0 Å². The van der Waals surface area contributed by atoms with Crippen molar-refractivity contribution < 1.29 is 14.2 Å². The molecule has 1 aromatic rings. The zero-order valence-electron chi connectivity index (χ0n) is 13.1. The predicted octanol–water partition coefficient (Wildman–Crippen LogP) is 2.86. The summed E-state index contributed by atoms with van der Waals surface area (Å²) in [5, 5.41) is 9.37. The van der Waals surface area contributed by atoms with E-state index in [1.807, 2.05) is 6.07 Å². The molecular formula is C17H26FNO2. The van der Waals surface area contributed by atoms with E-state index in [-0.39, 0.29) is 17.8 Å². The van der Waals surface area contributed by atoms with Crippen LogP contribution in [0.15, 0.2) is 18.2 Å². The molecule has 1 heterocycles. The van der Waals surface area contributed by atoms with Crippen LogP contribution in [0.1, 0.15) is 31.7 Å². The lowest BCUT2D eigenvalue weighted by Crippen LogP contribution is -2.40. The van der Waals surface area contributed by atoms with Gasteiger partial charge in [0.15, 0.2) is 11.6 Å². The Hall–Kier alpha value is -1.13. The van der Waals surface area contributed by atoms with Gasteiger partial charge < -0.3 is 14.7 Å². The minimum atomic E-state index is -0.285. The first-order chi connectivity index (χ1) is 10.1. The van der Waals surface area contributed by atoms with Crippen molar-refractivity contribution in [2.45, 2.75) is 32.6 Å². The van der Waals surface area contributed by atoms with Crippen LogP contribution >= 0.6 is 0 Å². The van der Waals surface area contributed by atoms with Crippen molar-refractivity contribution >= 4 is 0 Å². The molecule has 4 heteroatoms. The minimum Gasteiger partial charge on any atom is -0.494 e. The maximum absolute atomic E-state index is 13.6. The number of benzene rings is 1. The molecule has 0 unspecified atom stereocenters. The highest BCUT2D eigenvalue weighted by Crippen LogP contribution is 2.30. The zero-order chi connectivity index (χ0) is 15.3. The van der Waals surface area contributed by atoms with E-state index < -0.39 is 0 Å². The third-order valence-electron chi connectivity index (χ3n) is 4.60. The van der Waals surface area contributed by atoms with Crippen LogP contribution in [0.3, 0.4) is 0 Å². The fourth-order valence-electron chi connectivity index (χ4n) is 2.85. The number of aliphatic hydroxyl groups excluding tert-OH is 1. The number of rotatable bonds is 6. The van der Waals surface area contributed by atoms with Gasteiger partial charge in [0.05, 0.1) is 7.11 Å². The maximum Gasteiger partial charge on any atom is 0.165 e. The first-order valence-electron chi connectivity index (χ1n) is 7.72. The van der Waals surface area contributed by atoms with Gasteiger partial charge >= 0.3 is 0 Å². The minimum absolute atomic E-state index is 0.107. The number of likely N-dealkylation sites (tertiary alicyclic amines) is 1. The summed E-state index contributed by atoms with van der Waals surface area (Å²) < 4.78 is 18.5. The van der Waals surface area contributed by atoms with Gasteiger partial charge in [-0.3, -0.25) is 0 Å². The molecule has 21 heavy (non-hydrogen) atoms. The molecule has 1 aromatic carbocycles. The van der Waals surface area contributed by atoms with Gasteiger partial charge in [-0.05, 0) is 68.4 Å². The number of nitrogens with zero attached hydrogens (tertiary/aromatic N) is 1. The van der Waals surface area contributed by atoms with E-state index in [2.05, 4.69) is 11.8 Å². The molecule has 0 aromatic heterocycles. The second-order valence-corrected chi connectivity index (χ2v) is 6.38. The molecule has 1 fully saturated rings. The highest BCUT2D eigenvalue weighted by atomic mass is 19.1. The largest absolute Gasteiger partial charge is 0.494 e. The summed E-state index contributed by atoms with van der Waals surface area (Å²) >= 11 is 0. The van der Waals surface area contributed by atoms with E-state index in [1.165, 1.54) is 7.11 Å². The lowest BCUT2D eigenvalue weighted by Gasteiger charge is -2.38. The third-order valence-corrected chi connectivity index (χ3v) is 4.60. The van der Waals surface area contributed by atoms with E-state index in [9.17, 15) is 9.50 Å². The van der Waals surface area contributed by atoms with Crippen molar-refractivity contribution in [2.24, 2.45) is 5.41 Å². The SMILES string of the molecule is COc1ccc(CCCN2CCC(C)(CO)CC2)cc1F. The van der Waals surface area contributed by atoms with Crippen LogP contribution in [0.25, 0.3) is 0 Å². The van der Waals surface area contributed by atoms with Gasteiger partial charge in [0.1, 0.15) is 0 Å². The summed E-state index contributed by atoms with van der Waals surface area (Å²) in [5.74, 6) is 0.0183. The topological polar surface area (TPSA) is 32.7 Å². The van der Waals surface area contributed by atoms with E-state index in [0.717, 1.165) is 50.9 Å². The first-order valence-corrected chi connectivity index (χ1v) is 7.72. The Bertz CT molecular complexity index is 456. The smallest absolute Gasteiger partial charge is 0.165 e. The number of ether oxygens (including phenoxy) is 1. The van der Waals surface area contributed by atoms with E-state index >= 15 is 0 Å². The molecule has 1 aliphatic rings. The number of methoxy groups -OCH3 is 1. The Labute approximate surface area is 126 Å². The standard InChI is InChI=1S/C17H26FNO2/c1-17(13-20)7-10-19(11-8-17)9-3-4-14-5-6-16(21-2)15(18)12-14/h5-6,12,20H,3-4,7-11,13H2,1-2H3. The molecule has 0 aliphatic carbocycles. The number of hydrogen-bond acceptors (Lipinski definition) is 3. The fraction of sp³-hybridized carbons (Fsp3) is 0.647. The lowest BCUT2D eigenvalue weighted by atomic mass is 9.81. The average Bonchev–Trinajstić information content (AvgIpc) is 2.50. The van der Waals surface area contributed by atoms with Crippen LogP contribution in [0.2, 0.25) is 0 Å². The average molecular weight is 295 g/mol. The van der Waals surface area contributed by atoms with Crippen LogP contribution in [0, 0.1) is 11.2 Å². The molecule has 1 saturated heterocycles. The van der Waals surface area contributed by atoms with Crippen molar-refractivity contribution in [3.63, 3.8) is 0 Å². The molecular weight excluding hydrogens is 269 g/mol. The summed E-state index contributed by atoms with van der Waals surface area (Å²) in [7, 11) is 1.48. The summed E-state index contributed by atoms with van der Waals surface area (Å²) in [6.45, 7) is 5.58. The van der Waals surface area contributed by atoms with Gasteiger partial charge in [0.2, 0.25) is 0 Å². The molecule has 0 radical (unpaired) electrons. The normalized spacial score (nSPS) is 18.7. The molecule has 0 saturated carbocycles. The van der Waals surface area contributed by atoms with Gasteiger partial charge in [-0.25, -0.2) is 4.39 Å². The highest BCUT2D eigenvalue weighted by molar-refractivity contribution is 5.29. The van der Waals surface area contributed by atoms with E-state index in [1.54, 1.807) is 12.1 Å². The number of hydrogen-bond donors (Lipinski definition) is 1. The second kappa shape index (κ2) is 7.23. The third kappa shape index (κ3) is 4.42. The Kier molecular flexibility index (Phi) is 5.59. The van der Waals surface area contributed by atoms with Crippen LogP contribution in [0.4, 0.5) is 4.39 Å². The lowest BCUT2D eigenvalue weighted by molar-refractivity contribution is 0.0584. The summed E-state index contributed by atoms with van der Waals surface area (Å²) in [6, 6.07) is 5.19. The van der Waals surface area contributed by atoms with Crippen molar-refractivity contribution in [2.75, 3.05) is 33.4 Å². The van der Waals surface area contributed by atoms with Gasteiger partial charge in [0, 0.05) is 6.61 Å². The Morgan fingerprint density at radius 1 is 1.33 bits per heavy atom. The van der Waals surface area contributed by atoms with Gasteiger partial charge in [0.25, 0.3) is 0 Å². The number of aliphatic hydroxyl groups is 1. The maximum atomic E-state index is 13.6. The fourth-order valence-corrected chi connectivity index (χ4v) is 2.85. The molecule has 1 N–H and O–H groups in total. The van der Waals surface area contributed by atoms with Crippen LogP contribution < -0.4 is 4.74 Å². The molecule has 0 amide bonds. The second-order valence-electron chi connectivity index (χ2n) is 6.38. The number of halogens is 1. The summed E-state index contributed by atoms with van der Waals surface area (Å²) in [5.41, 5.74) is 1.13. The van der Waals surface area contributed by atoms with Crippen molar-refractivity contribution in [1.29, 1.82) is 0 Å². The molecule has 1 aliphatic heterocycles. The first kappa shape index (κ1) is 16.2. The molecule has 118 valence electrons. The molecule has 0 atom stereocenters. The summed E-state index contributed by atoms with van der Waals surface area (Å²) in [6.07, 6.45) is 4.03. The molecule has 0 bridgehead atoms. The van der Waals surface area contributed by atoms with Crippen LogP contribution in [0.5, 0.6) is 5.75 Å². The predicted molar refractivity (Wildman–Crippen MR) is 82.1 cm³/mol. The Morgan fingerprint density at radius 2 is 2.05 bits per heavy atom. The highest BCUT2D eigenvalue weighted by Gasteiger charge is 2.28. The zero-order valence-corrected chi connectivity index (χ0v) is 13.1. The Morgan fingerprint density at radius 3 is 2.62 bits per heavy atom. The summed E-state index contributed by atoms with van der Waals surface area (Å²) in [4.78, 5) is 2.44. The van der Waals surface area contributed by atoms with Gasteiger partial charge in [-0.15, -0.1) is 0 Å². The van der Waals surface area contributed by atoms with Crippen molar-refractivity contribution in [3.8, 4) is 5.75 Å². The molecule has 0 spiro atoms. The van der Waals surface area contributed by atoms with E-state index in [0.29, 0.717) is 5.75 Å². The van der Waals surface area contributed by atoms with Crippen molar-refractivity contribution in [3.05, 3.63) is 29.6 Å². The monoisotopic (exact) mass is 295 g/mol. The molecule has 3 nitrogen and oxygen atoms in total. The quantitative estimate of drug-likeness (QED) is 0.876. The number of aryl methyl sites for hydroxylation is 1. The number of piperidine rings is 1.